The van der Waals surface area contributed by atoms with Gasteiger partial charge >= 0.3 is 0 Å². The van der Waals surface area contributed by atoms with Gasteiger partial charge in [-0.05, 0) is 17.0 Å². The molecule has 1 aliphatic heterocycles. The van der Waals surface area contributed by atoms with E-state index in [1.807, 2.05) is 5.38 Å². The number of aliphatic hydroxyl groups excluding tert-OH is 1. The van der Waals surface area contributed by atoms with Crippen molar-refractivity contribution < 1.29 is 9.84 Å². The predicted octanol–water partition coefficient (Wildman–Crippen LogP) is 2.74. The topological polar surface area (TPSA) is 29.5 Å². The van der Waals surface area contributed by atoms with E-state index in [-0.39, 0.29) is 0 Å². The third-order valence-electron chi connectivity index (χ3n) is 2.00. The van der Waals surface area contributed by atoms with Gasteiger partial charge in [-0.3, -0.25) is 0 Å². The normalized spacial score (nSPS) is 18.2. The van der Waals surface area contributed by atoms with E-state index in [9.17, 15) is 5.11 Å². The van der Waals surface area contributed by atoms with Crippen LogP contribution in [0, 0.1) is 0 Å². The zero-order valence-electron chi connectivity index (χ0n) is 6.87. The molecule has 1 aromatic rings. The van der Waals surface area contributed by atoms with E-state index in [0.29, 0.717) is 10.9 Å². The van der Waals surface area contributed by atoms with Crippen LogP contribution in [0.5, 0.6) is 0 Å². The smallest absolute Gasteiger partial charge is 0.104 e. The lowest BCUT2D eigenvalue weighted by molar-refractivity contribution is 0.213. The van der Waals surface area contributed by atoms with Crippen LogP contribution in [0.25, 0.3) is 0 Å². The van der Waals surface area contributed by atoms with E-state index in [0.717, 1.165) is 17.6 Å². The van der Waals surface area contributed by atoms with Gasteiger partial charge in [-0.15, -0.1) is 11.3 Å². The lowest BCUT2D eigenvalue weighted by Crippen LogP contribution is -1.98. The summed E-state index contributed by atoms with van der Waals surface area (Å²) in [6, 6.07) is 1.79. The summed E-state index contributed by atoms with van der Waals surface area (Å²) in [5, 5.41) is 11.7. The average Bonchev–Trinajstić information content (AvgIpc) is 2.72. The van der Waals surface area contributed by atoms with Crippen molar-refractivity contribution in [2.75, 3.05) is 6.61 Å². The first-order chi connectivity index (χ1) is 6.27. The second-order valence-corrected chi connectivity index (χ2v) is 4.44. The fraction of sp³-hybridized carbons (Fsp3) is 0.333. The molecule has 0 aromatic carbocycles. The monoisotopic (exact) mass is 216 g/mol. The molecule has 0 bridgehead atoms. The summed E-state index contributed by atoms with van der Waals surface area (Å²) in [4.78, 5) is 0. The van der Waals surface area contributed by atoms with Gasteiger partial charge in [0.2, 0.25) is 0 Å². The lowest BCUT2D eigenvalue weighted by Gasteiger charge is -2.07. The number of rotatable bonds is 2. The van der Waals surface area contributed by atoms with Gasteiger partial charge in [0, 0.05) is 12.0 Å². The Morgan fingerprint density at radius 3 is 3.00 bits per heavy atom. The molecule has 1 aromatic heterocycles. The van der Waals surface area contributed by atoms with Crippen molar-refractivity contribution in [3.05, 3.63) is 33.2 Å². The number of hydrogen-bond acceptors (Lipinski definition) is 3. The number of thiophene rings is 1. The van der Waals surface area contributed by atoms with E-state index >= 15 is 0 Å². The molecule has 1 N–H and O–H groups in total. The van der Waals surface area contributed by atoms with Crippen molar-refractivity contribution in [2.24, 2.45) is 0 Å². The molecule has 4 heteroatoms. The molecular weight excluding hydrogens is 208 g/mol. The fourth-order valence-corrected chi connectivity index (χ4v) is 2.19. The molecule has 2 nitrogen and oxygen atoms in total. The first kappa shape index (κ1) is 9.06. The Kier molecular flexibility index (Phi) is 2.58. The first-order valence-electron chi connectivity index (χ1n) is 4.00. The zero-order valence-corrected chi connectivity index (χ0v) is 8.44. The first-order valence-corrected chi connectivity index (χ1v) is 5.25. The summed E-state index contributed by atoms with van der Waals surface area (Å²) in [5.74, 6) is 0. The molecule has 13 heavy (non-hydrogen) atoms. The third-order valence-corrected chi connectivity index (χ3v) is 3.11. The molecule has 1 aliphatic rings. The maximum atomic E-state index is 9.83. The highest BCUT2D eigenvalue weighted by molar-refractivity contribution is 7.14. The second kappa shape index (κ2) is 3.70. The van der Waals surface area contributed by atoms with Crippen LogP contribution in [0.4, 0.5) is 0 Å². The summed E-state index contributed by atoms with van der Waals surface area (Å²) in [7, 11) is 0. The van der Waals surface area contributed by atoms with Crippen LogP contribution in [0.2, 0.25) is 4.34 Å². The Balaban J connectivity index is 2.16. The minimum Gasteiger partial charge on any atom is -0.501 e. The summed E-state index contributed by atoms with van der Waals surface area (Å²) < 4.78 is 5.76. The summed E-state index contributed by atoms with van der Waals surface area (Å²) in [6.07, 6.45) is 1.89. The van der Waals surface area contributed by atoms with E-state index in [1.54, 1.807) is 12.3 Å². The number of halogens is 1. The molecular formula is C9H9ClO2S. The molecule has 1 unspecified atom stereocenters. The van der Waals surface area contributed by atoms with Gasteiger partial charge in [-0.25, -0.2) is 0 Å². The van der Waals surface area contributed by atoms with Gasteiger partial charge in [0.1, 0.15) is 6.10 Å². The molecule has 0 amide bonds. The number of ether oxygens (including phenoxy) is 1. The highest BCUT2D eigenvalue weighted by atomic mass is 35.5. The van der Waals surface area contributed by atoms with Crippen LogP contribution in [0.1, 0.15) is 18.1 Å². The number of aliphatic hydroxyl groups is 1. The highest BCUT2D eigenvalue weighted by Crippen LogP contribution is 2.31. The van der Waals surface area contributed by atoms with Crippen LogP contribution in [0.15, 0.2) is 23.3 Å². The molecule has 70 valence electrons. The van der Waals surface area contributed by atoms with Gasteiger partial charge in [0.25, 0.3) is 0 Å². The fourth-order valence-electron chi connectivity index (χ4n) is 1.28. The quantitative estimate of drug-likeness (QED) is 0.824. The third kappa shape index (κ3) is 1.88. The summed E-state index contributed by atoms with van der Waals surface area (Å²) in [5.41, 5.74) is 1.78. The zero-order chi connectivity index (χ0) is 9.26. The van der Waals surface area contributed by atoms with Crippen LogP contribution >= 0.6 is 22.9 Å². The standard InChI is InChI=1S/C9H9ClO2S/c10-8-3-7(5-13-8)9(11)6-1-2-12-4-6/h3-5,9,11H,1-2H2. The maximum absolute atomic E-state index is 9.83. The van der Waals surface area contributed by atoms with Crippen LogP contribution < -0.4 is 0 Å². The largest absolute Gasteiger partial charge is 0.501 e. The Morgan fingerprint density at radius 2 is 2.46 bits per heavy atom. The van der Waals surface area contributed by atoms with Crippen molar-refractivity contribution in [2.45, 2.75) is 12.5 Å². The Bertz CT molecular complexity index is 332. The molecule has 0 aliphatic carbocycles. The van der Waals surface area contributed by atoms with Crippen LogP contribution in [0.3, 0.4) is 0 Å². The van der Waals surface area contributed by atoms with Gasteiger partial charge < -0.3 is 9.84 Å². The molecule has 0 radical (unpaired) electrons. The second-order valence-electron chi connectivity index (χ2n) is 2.90. The van der Waals surface area contributed by atoms with E-state index < -0.39 is 6.10 Å². The van der Waals surface area contributed by atoms with Crippen molar-refractivity contribution in [1.82, 2.24) is 0 Å². The molecule has 0 fully saturated rings. The summed E-state index contributed by atoms with van der Waals surface area (Å²) >= 11 is 7.20. The van der Waals surface area contributed by atoms with Crippen molar-refractivity contribution in [1.29, 1.82) is 0 Å². The van der Waals surface area contributed by atoms with Gasteiger partial charge in [0.05, 0.1) is 17.2 Å². The van der Waals surface area contributed by atoms with Gasteiger partial charge in [-0.1, -0.05) is 11.6 Å². The van der Waals surface area contributed by atoms with Crippen molar-refractivity contribution in [3.63, 3.8) is 0 Å². The number of hydrogen-bond donors (Lipinski definition) is 1. The van der Waals surface area contributed by atoms with Crippen LogP contribution in [-0.2, 0) is 4.74 Å². The molecule has 2 rings (SSSR count). The Morgan fingerprint density at radius 1 is 1.62 bits per heavy atom. The van der Waals surface area contributed by atoms with Gasteiger partial charge in [-0.2, -0.15) is 0 Å². The Labute approximate surface area is 85.4 Å². The van der Waals surface area contributed by atoms with Crippen molar-refractivity contribution in [3.8, 4) is 0 Å². The highest BCUT2D eigenvalue weighted by Gasteiger charge is 2.18. The Hall–Kier alpha value is -0.510. The van der Waals surface area contributed by atoms with E-state index in [1.165, 1.54) is 11.3 Å². The van der Waals surface area contributed by atoms with E-state index in [4.69, 9.17) is 16.3 Å². The maximum Gasteiger partial charge on any atom is 0.104 e. The SMILES string of the molecule is OC(C1=COCC1)c1csc(Cl)c1. The van der Waals surface area contributed by atoms with E-state index in [2.05, 4.69) is 0 Å². The molecule has 1 atom stereocenters. The van der Waals surface area contributed by atoms with Crippen molar-refractivity contribution >= 4 is 22.9 Å². The molecule has 0 saturated carbocycles. The molecule has 0 spiro atoms. The molecule has 2 heterocycles. The van der Waals surface area contributed by atoms with Crippen LogP contribution in [-0.4, -0.2) is 11.7 Å². The lowest BCUT2D eigenvalue weighted by atomic mass is 10.0. The molecule has 0 saturated heterocycles. The van der Waals surface area contributed by atoms with Gasteiger partial charge in [0.15, 0.2) is 0 Å². The predicted molar refractivity (Wildman–Crippen MR) is 52.9 cm³/mol. The minimum atomic E-state index is -0.550. The average molecular weight is 217 g/mol. The summed E-state index contributed by atoms with van der Waals surface area (Å²) in [6.45, 7) is 0.671. The minimum absolute atomic E-state index is 0.550.